The number of rotatable bonds is 18. The molecule has 0 saturated heterocycles. The van der Waals surface area contributed by atoms with Gasteiger partial charge in [0.05, 0.1) is 59.3 Å². The summed E-state index contributed by atoms with van der Waals surface area (Å²) in [6.45, 7) is 4.74. The molecular formula is C56H54N2O6. The van der Waals surface area contributed by atoms with Gasteiger partial charge < -0.3 is 23.3 Å². The minimum Gasteiger partial charge on any atom is -0.497 e. The molecule has 64 heavy (non-hydrogen) atoms. The Balaban J connectivity index is 0.738. The zero-order valence-electron chi connectivity index (χ0n) is 36.8. The number of aromatic nitrogens is 2. The number of unbranched alkanes of at least 4 members (excludes halogenated alkanes) is 5. The second kappa shape index (κ2) is 17.8. The van der Waals surface area contributed by atoms with Gasteiger partial charge in [0, 0.05) is 47.5 Å². The van der Waals surface area contributed by atoms with Crippen LogP contribution in [-0.2, 0) is 32.4 Å². The molecule has 0 fully saturated rings. The molecule has 0 radical (unpaired) electrons. The average molecular weight is 851 g/mol. The Morgan fingerprint density at radius 2 is 1.20 bits per heavy atom. The van der Waals surface area contributed by atoms with Gasteiger partial charge in [-0.25, -0.2) is 0 Å². The van der Waals surface area contributed by atoms with Crippen molar-refractivity contribution in [2.24, 2.45) is 5.92 Å². The zero-order chi connectivity index (χ0) is 43.7. The van der Waals surface area contributed by atoms with Gasteiger partial charge in [0.2, 0.25) is 0 Å². The van der Waals surface area contributed by atoms with Crippen molar-refractivity contribution in [3.05, 3.63) is 160 Å². The predicted molar refractivity (Wildman–Crippen MR) is 251 cm³/mol. The van der Waals surface area contributed by atoms with E-state index in [4.69, 9.17) is 14.2 Å². The molecule has 8 nitrogen and oxygen atoms in total. The number of fused-ring (bicyclic) bond motifs is 10. The number of hydrogen-bond donors (Lipinski definition) is 0. The van der Waals surface area contributed by atoms with E-state index in [0.717, 1.165) is 132 Å². The second-order valence-corrected chi connectivity index (χ2v) is 17.7. The van der Waals surface area contributed by atoms with Crippen molar-refractivity contribution < 1.29 is 28.6 Å². The first kappa shape index (κ1) is 41.3. The lowest BCUT2D eigenvalue weighted by Crippen LogP contribution is -2.21. The van der Waals surface area contributed by atoms with Crippen LogP contribution >= 0.6 is 0 Å². The Labute approximate surface area is 374 Å². The van der Waals surface area contributed by atoms with E-state index in [1.807, 2.05) is 66.7 Å². The van der Waals surface area contributed by atoms with E-state index in [2.05, 4.69) is 64.6 Å². The first-order valence-electron chi connectivity index (χ1n) is 23.1. The van der Waals surface area contributed by atoms with Gasteiger partial charge >= 0.3 is 0 Å². The van der Waals surface area contributed by atoms with Crippen molar-refractivity contribution in [3.8, 4) is 39.8 Å². The lowest BCUT2D eigenvalue weighted by Gasteiger charge is -2.22. The summed E-state index contributed by atoms with van der Waals surface area (Å²) in [4.78, 5) is 41.3. The predicted octanol–water partition coefficient (Wildman–Crippen LogP) is 11.9. The third kappa shape index (κ3) is 7.63. The number of Topliss-reactive ketones (excluding diaryl/α,β-unsaturated/α-hetero) is 1. The highest BCUT2D eigenvalue weighted by atomic mass is 16.5. The summed E-state index contributed by atoms with van der Waals surface area (Å²) in [6, 6.07) is 38.4. The number of nitrogens with zero attached hydrogens (tertiary/aromatic N) is 2. The van der Waals surface area contributed by atoms with Gasteiger partial charge in [0.15, 0.2) is 17.3 Å². The maximum absolute atomic E-state index is 13.9. The van der Waals surface area contributed by atoms with E-state index in [1.54, 1.807) is 7.11 Å². The average Bonchev–Trinajstić information content (AvgIpc) is 4.01. The van der Waals surface area contributed by atoms with Gasteiger partial charge in [-0.05, 0) is 91.6 Å². The lowest BCUT2D eigenvalue weighted by atomic mass is 9.86. The summed E-state index contributed by atoms with van der Waals surface area (Å²) in [5.41, 5.74) is 11.6. The van der Waals surface area contributed by atoms with Gasteiger partial charge in [-0.15, -0.1) is 0 Å². The molecule has 7 aromatic rings. The van der Waals surface area contributed by atoms with Crippen LogP contribution in [0.25, 0.3) is 33.4 Å². The molecule has 8 heteroatoms. The van der Waals surface area contributed by atoms with Gasteiger partial charge in [0.25, 0.3) is 0 Å². The molecule has 2 heterocycles. The molecule has 1 unspecified atom stereocenters. The second-order valence-electron chi connectivity index (χ2n) is 17.7. The quantitative estimate of drug-likeness (QED) is 0.0799. The maximum Gasteiger partial charge on any atom is 0.196 e. The molecule has 1 atom stereocenters. The fourth-order valence-electron chi connectivity index (χ4n) is 10.4. The molecule has 0 saturated carbocycles. The lowest BCUT2D eigenvalue weighted by molar-refractivity contribution is 0.0941. The van der Waals surface area contributed by atoms with Crippen LogP contribution in [-0.4, -0.2) is 46.8 Å². The SMILES string of the molecule is COc1cccc(CCn2c3c(c4c(OCCCCCCCCOc5ccc6c(c5)-c5c(c7c(n5CCc5ccccc5)CC(C)CC7=O)C6=O)cccc42)C(=O)c2ccccc2-3)c1. The standard InChI is InChI=1S/C56H54N2O6/c1-36-32-46-49(47(59)33-36)51-54(58(46)28-26-37-16-8-7-9-17-37)44-35-40(24-25-43(44)56(51)61)63-30-12-5-3-4-6-13-31-64-48-23-15-22-45-50(48)52-53(41-20-10-11-21-42(41)55(52)60)57(45)29-27-38-18-14-19-39(34-38)62-2/h7-11,14-25,34-36H,3-6,12-13,26-33H2,1-2H3. The molecule has 5 aromatic carbocycles. The van der Waals surface area contributed by atoms with E-state index in [-0.39, 0.29) is 23.3 Å². The van der Waals surface area contributed by atoms with Crippen LogP contribution in [0.1, 0.15) is 111 Å². The number of aryl methyl sites for hydroxylation is 3. The third-order valence-corrected chi connectivity index (χ3v) is 13.4. The van der Waals surface area contributed by atoms with Crippen LogP contribution in [0.3, 0.4) is 0 Å². The Kier molecular flexibility index (Phi) is 11.5. The van der Waals surface area contributed by atoms with Gasteiger partial charge in [0.1, 0.15) is 17.2 Å². The van der Waals surface area contributed by atoms with Crippen LogP contribution < -0.4 is 14.2 Å². The molecule has 0 N–H and O–H groups in total. The molecule has 0 bridgehead atoms. The number of carbonyl (C=O) groups is 3. The number of ether oxygens (including phenoxy) is 3. The van der Waals surface area contributed by atoms with Crippen LogP contribution in [0.4, 0.5) is 0 Å². The van der Waals surface area contributed by atoms with Crippen molar-refractivity contribution in [3.63, 3.8) is 0 Å². The van der Waals surface area contributed by atoms with Crippen LogP contribution in [0.15, 0.2) is 115 Å². The summed E-state index contributed by atoms with van der Waals surface area (Å²) >= 11 is 0. The summed E-state index contributed by atoms with van der Waals surface area (Å²) in [6.07, 6.45) is 9.07. The normalized spacial score (nSPS) is 14.7. The van der Waals surface area contributed by atoms with Crippen molar-refractivity contribution in [1.29, 1.82) is 0 Å². The first-order valence-corrected chi connectivity index (χ1v) is 23.1. The number of carbonyl (C=O) groups excluding carboxylic acids is 3. The molecule has 10 rings (SSSR count). The maximum atomic E-state index is 13.9. The van der Waals surface area contributed by atoms with E-state index >= 15 is 0 Å². The van der Waals surface area contributed by atoms with Crippen molar-refractivity contribution in [2.75, 3.05) is 20.3 Å². The van der Waals surface area contributed by atoms with E-state index < -0.39 is 0 Å². The molecule has 3 aliphatic carbocycles. The molecule has 324 valence electrons. The summed E-state index contributed by atoms with van der Waals surface area (Å²) < 4.78 is 22.8. The number of methoxy groups -OCH3 is 1. The van der Waals surface area contributed by atoms with Crippen LogP contribution in [0, 0.1) is 5.92 Å². The Hall–Kier alpha value is -6.67. The summed E-state index contributed by atoms with van der Waals surface area (Å²) in [7, 11) is 1.69. The van der Waals surface area contributed by atoms with Crippen molar-refractivity contribution in [1.82, 2.24) is 9.13 Å². The zero-order valence-corrected chi connectivity index (χ0v) is 36.8. The fourth-order valence-corrected chi connectivity index (χ4v) is 10.4. The molecular weight excluding hydrogens is 797 g/mol. The Morgan fingerprint density at radius 1 is 0.547 bits per heavy atom. The molecule has 0 amide bonds. The monoisotopic (exact) mass is 850 g/mol. The van der Waals surface area contributed by atoms with E-state index in [9.17, 15) is 14.4 Å². The number of ketones is 3. The summed E-state index contributed by atoms with van der Waals surface area (Å²) in [5, 5.41) is 0.903. The highest BCUT2D eigenvalue weighted by Crippen LogP contribution is 2.47. The minimum atomic E-state index is -0.0447. The van der Waals surface area contributed by atoms with Crippen molar-refractivity contribution >= 4 is 28.3 Å². The first-order chi connectivity index (χ1) is 31.4. The molecule has 3 aliphatic rings. The highest BCUT2D eigenvalue weighted by molar-refractivity contribution is 6.29. The largest absolute Gasteiger partial charge is 0.497 e. The molecule has 0 spiro atoms. The molecule has 2 aromatic heterocycles. The highest BCUT2D eigenvalue weighted by Gasteiger charge is 2.41. The van der Waals surface area contributed by atoms with E-state index in [0.29, 0.717) is 42.9 Å². The minimum absolute atomic E-state index is 0.0447. The fraction of sp³-hybridized carbons (Fsp3) is 0.304. The smallest absolute Gasteiger partial charge is 0.196 e. The topological polar surface area (TPSA) is 88.8 Å². The summed E-state index contributed by atoms with van der Waals surface area (Å²) in [5.74, 6) is 2.71. The van der Waals surface area contributed by atoms with Gasteiger partial charge in [-0.2, -0.15) is 0 Å². The number of benzene rings is 5. The number of hydrogen-bond acceptors (Lipinski definition) is 6. The third-order valence-electron chi connectivity index (χ3n) is 13.4. The Morgan fingerprint density at radius 3 is 2.02 bits per heavy atom. The van der Waals surface area contributed by atoms with E-state index in [1.165, 1.54) is 11.1 Å². The van der Waals surface area contributed by atoms with Gasteiger partial charge in [-0.1, -0.05) is 105 Å². The molecule has 0 aliphatic heterocycles. The van der Waals surface area contributed by atoms with Crippen LogP contribution in [0.5, 0.6) is 17.2 Å². The Bertz CT molecular complexity index is 2920. The van der Waals surface area contributed by atoms with Crippen LogP contribution in [0.2, 0.25) is 0 Å². The van der Waals surface area contributed by atoms with Gasteiger partial charge in [-0.3, -0.25) is 14.4 Å². The van der Waals surface area contributed by atoms with Crippen molar-refractivity contribution in [2.45, 2.75) is 84.2 Å².